The molecule has 7 nitrogen and oxygen atoms in total. The molecule has 0 bridgehead atoms. The molecule has 110 valence electrons. The van der Waals surface area contributed by atoms with Crippen molar-refractivity contribution in [3.63, 3.8) is 0 Å². The lowest BCUT2D eigenvalue weighted by Gasteiger charge is -2.24. The molecule has 0 spiro atoms. The number of hydrogen-bond acceptors (Lipinski definition) is 6. The molecule has 1 atom stereocenters. The van der Waals surface area contributed by atoms with Crippen LogP contribution in [0.3, 0.4) is 0 Å². The number of nitro benzene ring substituents is 1. The summed E-state index contributed by atoms with van der Waals surface area (Å²) in [6, 6.07) is 5.65. The number of carbonyl (C=O) groups is 1. The van der Waals surface area contributed by atoms with Crippen LogP contribution < -0.4 is 4.90 Å². The van der Waals surface area contributed by atoms with Crippen LogP contribution in [0.25, 0.3) is 0 Å². The summed E-state index contributed by atoms with van der Waals surface area (Å²) in [5, 5.41) is 20.1. The van der Waals surface area contributed by atoms with Crippen LogP contribution in [-0.4, -0.2) is 30.1 Å². The van der Waals surface area contributed by atoms with Crippen LogP contribution in [0.2, 0.25) is 0 Å². The van der Waals surface area contributed by atoms with Gasteiger partial charge in [-0.25, -0.2) is 4.79 Å². The van der Waals surface area contributed by atoms with E-state index in [0.29, 0.717) is 18.7 Å². The number of esters is 1. The van der Waals surface area contributed by atoms with E-state index in [9.17, 15) is 14.9 Å². The lowest BCUT2D eigenvalue weighted by Crippen LogP contribution is -2.37. The number of hydrogen-bond donors (Lipinski definition) is 0. The van der Waals surface area contributed by atoms with Gasteiger partial charge in [0.15, 0.2) is 0 Å². The van der Waals surface area contributed by atoms with Crippen molar-refractivity contribution in [3.05, 3.63) is 33.9 Å². The maximum absolute atomic E-state index is 11.9. The Hall–Kier alpha value is -2.62. The molecular formula is C14H15N3O4. The average Bonchev–Trinajstić information content (AvgIpc) is 2.96. The molecule has 1 aliphatic heterocycles. The molecule has 0 saturated carbocycles. The molecule has 7 heteroatoms. The van der Waals surface area contributed by atoms with Crippen molar-refractivity contribution in [2.75, 3.05) is 18.1 Å². The lowest BCUT2D eigenvalue weighted by molar-refractivity contribution is -0.384. The van der Waals surface area contributed by atoms with Crippen LogP contribution >= 0.6 is 0 Å². The number of rotatable bonds is 4. The summed E-state index contributed by atoms with van der Waals surface area (Å²) in [5.41, 5.74) is 0.414. The highest BCUT2D eigenvalue weighted by Crippen LogP contribution is 2.34. The fourth-order valence-corrected chi connectivity index (χ4v) is 2.52. The van der Waals surface area contributed by atoms with E-state index in [-0.39, 0.29) is 23.8 Å². The molecule has 21 heavy (non-hydrogen) atoms. The summed E-state index contributed by atoms with van der Waals surface area (Å²) >= 11 is 0. The highest BCUT2D eigenvalue weighted by atomic mass is 16.6. The molecular weight excluding hydrogens is 274 g/mol. The van der Waals surface area contributed by atoms with Crippen molar-refractivity contribution < 1.29 is 14.5 Å². The van der Waals surface area contributed by atoms with Gasteiger partial charge in [-0.3, -0.25) is 10.1 Å². The number of anilines is 1. The van der Waals surface area contributed by atoms with E-state index in [0.717, 1.165) is 6.42 Å². The van der Waals surface area contributed by atoms with Gasteiger partial charge < -0.3 is 9.64 Å². The van der Waals surface area contributed by atoms with Crippen molar-refractivity contribution in [1.82, 2.24) is 0 Å². The van der Waals surface area contributed by atoms with Crippen molar-refractivity contribution in [3.8, 4) is 6.07 Å². The van der Waals surface area contributed by atoms with E-state index in [4.69, 9.17) is 10.00 Å². The van der Waals surface area contributed by atoms with E-state index in [1.807, 2.05) is 6.07 Å². The largest absolute Gasteiger partial charge is 0.464 e. The van der Waals surface area contributed by atoms with Gasteiger partial charge in [0.05, 0.1) is 23.2 Å². The van der Waals surface area contributed by atoms with E-state index < -0.39 is 11.0 Å². The molecule has 0 aliphatic carbocycles. The summed E-state index contributed by atoms with van der Waals surface area (Å²) in [6.45, 7) is 2.55. The van der Waals surface area contributed by atoms with Gasteiger partial charge in [-0.15, -0.1) is 0 Å². The second-order valence-electron chi connectivity index (χ2n) is 4.68. The second kappa shape index (κ2) is 6.22. The first-order valence-electron chi connectivity index (χ1n) is 6.70. The number of carbonyl (C=O) groups excluding carboxylic acids is 1. The molecule has 1 saturated heterocycles. The van der Waals surface area contributed by atoms with Gasteiger partial charge in [0.25, 0.3) is 5.69 Å². The monoisotopic (exact) mass is 289 g/mol. The minimum absolute atomic E-state index is 0.162. The fraction of sp³-hybridized carbons (Fsp3) is 0.429. The maximum atomic E-state index is 11.9. The molecule has 0 N–H and O–H groups in total. The molecule has 1 aliphatic rings. The van der Waals surface area contributed by atoms with Crippen LogP contribution in [0.15, 0.2) is 18.2 Å². The summed E-state index contributed by atoms with van der Waals surface area (Å²) in [7, 11) is 0. The Morgan fingerprint density at radius 1 is 1.62 bits per heavy atom. The highest BCUT2D eigenvalue weighted by Gasteiger charge is 2.35. The van der Waals surface area contributed by atoms with Crippen molar-refractivity contribution in [1.29, 1.82) is 5.26 Å². The zero-order chi connectivity index (χ0) is 15.4. The second-order valence-corrected chi connectivity index (χ2v) is 4.68. The van der Waals surface area contributed by atoms with E-state index in [1.54, 1.807) is 11.8 Å². The van der Waals surface area contributed by atoms with Gasteiger partial charge in [0.2, 0.25) is 0 Å². The Kier molecular flexibility index (Phi) is 4.38. The van der Waals surface area contributed by atoms with E-state index in [2.05, 4.69) is 0 Å². The Balaban J connectivity index is 2.38. The van der Waals surface area contributed by atoms with E-state index in [1.165, 1.54) is 18.2 Å². The molecule has 1 heterocycles. The zero-order valence-corrected chi connectivity index (χ0v) is 11.6. The summed E-state index contributed by atoms with van der Waals surface area (Å²) in [5.74, 6) is -0.367. The first-order chi connectivity index (χ1) is 10.1. The van der Waals surface area contributed by atoms with Gasteiger partial charge in [-0.1, -0.05) is 0 Å². The predicted molar refractivity (Wildman–Crippen MR) is 74.8 cm³/mol. The smallest absolute Gasteiger partial charge is 0.328 e. The lowest BCUT2D eigenvalue weighted by atomic mass is 10.1. The van der Waals surface area contributed by atoms with Crippen LogP contribution in [0.5, 0.6) is 0 Å². The molecule has 0 aromatic heterocycles. The average molecular weight is 289 g/mol. The topological polar surface area (TPSA) is 96.5 Å². The summed E-state index contributed by atoms with van der Waals surface area (Å²) in [6.07, 6.45) is 1.37. The normalized spacial score (nSPS) is 17.3. The number of nitriles is 1. The molecule has 0 amide bonds. The van der Waals surface area contributed by atoms with Gasteiger partial charge >= 0.3 is 5.97 Å². The first kappa shape index (κ1) is 14.8. The van der Waals surface area contributed by atoms with Crippen molar-refractivity contribution in [2.24, 2.45) is 0 Å². The van der Waals surface area contributed by atoms with Crippen LogP contribution in [0.1, 0.15) is 25.3 Å². The molecule has 1 aromatic rings. The summed E-state index contributed by atoms with van der Waals surface area (Å²) < 4.78 is 5.02. The van der Waals surface area contributed by atoms with Gasteiger partial charge in [-0.2, -0.15) is 5.26 Å². The summed E-state index contributed by atoms with van der Waals surface area (Å²) in [4.78, 5) is 24.3. The Morgan fingerprint density at radius 3 is 3.00 bits per heavy atom. The molecule has 2 rings (SSSR count). The minimum atomic E-state index is -0.531. The first-order valence-corrected chi connectivity index (χ1v) is 6.70. The van der Waals surface area contributed by atoms with Crippen LogP contribution in [0, 0.1) is 21.4 Å². The number of nitro groups is 1. The van der Waals surface area contributed by atoms with E-state index >= 15 is 0 Å². The third-order valence-corrected chi connectivity index (χ3v) is 3.42. The number of nitrogens with zero attached hydrogens (tertiary/aromatic N) is 3. The highest BCUT2D eigenvalue weighted by molar-refractivity contribution is 5.82. The molecule has 1 unspecified atom stereocenters. The van der Waals surface area contributed by atoms with Gasteiger partial charge in [-0.05, 0) is 31.9 Å². The van der Waals surface area contributed by atoms with Gasteiger partial charge in [0, 0.05) is 12.6 Å². The molecule has 1 fully saturated rings. The quantitative estimate of drug-likeness (QED) is 0.478. The third-order valence-electron chi connectivity index (χ3n) is 3.42. The predicted octanol–water partition coefficient (Wildman–Crippen LogP) is 2.00. The van der Waals surface area contributed by atoms with Crippen LogP contribution in [0.4, 0.5) is 11.4 Å². The number of benzene rings is 1. The minimum Gasteiger partial charge on any atom is -0.464 e. The zero-order valence-electron chi connectivity index (χ0n) is 11.6. The standard InChI is InChI=1S/C14H15N3O4/c1-2-21-14(18)12-4-3-7-16(12)11-6-5-10(9-15)8-13(11)17(19)20/h5-6,8,12H,2-4,7H2,1H3. The van der Waals surface area contributed by atoms with Crippen molar-refractivity contribution in [2.45, 2.75) is 25.8 Å². The number of ether oxygens (including phenoxy) is 1. The third kappa shape index (κ3) is 2.94. The van der Waals surface area contributed by atoms with Crippen LogP contribution in [-0.2, 0) is 9.53 Å². The Bertz CT molecular complexity index is 609. The Labute approximate surface area is 121 Å². The molecule has 1 aromatic carbocycles. The van der Waals surface area contributed by atoms with Crippen molar-refractivity contribution >= 4 is 17.3 Å². The molecule has 0 radical (unpaired) electrons. The SMILES string of the molecule is CCOC(=O)C1CCCN1c1ccc(C#N)cc1[N+](=O)[O-]. The Morgan fingerprint density at radius 2 is 2.38 bits per heavy atom. The maximum Gasteiger partial charge on any atom is 0.328 e. The fourth-order valence-electron chi connectivity index (χ4n) is 2.52. The van der Waals surface area contributed by atoms with Gasteiger partial charge in [0.1, 0.15) is 11.7 Å².